The maximum atomic E-state index is 12.3. The minimum Gasteiger partial charge on any atom is -0.497 e. The lowest BCUT2D eigenvalue weighted by molar-refractivity contribution is 0.110. The van der Waals surface area contributed by atoms with E-state index in [9.17, 15) is 9.59 Å². The summed E-state index contributed by atoms with van der Waals surface area (Å²) in [5.74, 6) is 1.35. The second-order valence-corrected chi connectivity index (χ2v) is 6.72. The number of hydrogen-bond acceptors (Lipinski definition) is 4. The van der Waals surface area contributed by atoms with Crippen molar-refractivity contribution < 1.29 is 14.3 Å². The number of ether oxygens (including phenoxy) is 2. The van der Waals surface area contributed by atoms with Gasteiger partial charge in [0.15, 0.2) is 12.0 Å². The van der Waals surface area contributed by atoms with Crippen LogP contribution in [-0.2, 0) is 13.2 Å². The fourth-order valence-electron chi connectivity index (χ4n) is 3.07. The SMILES string of the molecule is CCCCC(CC)Cn1ccc(=O)c(OCc2ccc(OC)cc2)c1C=O. The molecule has 1 heterocycles. The maximum Gasteiger partial charge on any atom is 0.224 e. The van der Waals surface area contributed by atoms with E-state index in [2.05, 4.69) is 13.8 Å². The Bertz CT molecular complexity index is 780. The van der Waals surface area contributed by atoms with E-state index in [0.717, 1.165) is 43.3 Å². The van der Waals surface area contributed by atoms with Crippen LogP contribution in [0, 0.1) is 5.92 Å². The van der Waals surface area contributed by atoms with Crippen LogP contribution in [0.1, 0.15) is 55.6 Å². The molecule has 0 bridgehead atoms. The molecule has 1 unspecified atom stereocenters. The number of carbonyl (C=O) groups is 1. The largest absolute Gasteiger partial charge is 0.497 e. The van der Waals surface area contributed by atoms with Gasteiger partial charge in [0.1, 0.15) is 18.1 Å². The maximum absolute atomic E-state index is 12.3. The molecule has 0 aliphatic carbocycles. The molecule has 0 N–H and O–H groups in total. The summed E-state index contributed by atoms with van der Waals surface area (Å²) in [4.78, 5) is 24.0. The highest BCUT2D eigenvalue weighted by molar-refractivity contribution is 5.76. The van der Waals surface area contributed by atoms with Crippen molar-refractivity contribution in [2.75, 3.05) is 7.11 Å². The quantitative estimate of drug-likeness (QED) is 0.547. The minimum atomic E-state index is -0.275. The van der Waals surface area contributed by atoms with Gasteiger partial charge >= 0.3 is 0 Å². The van der Waals surface area contributed by atoms with Gasteiger partial charge in [-0.1, -0.05) is 45.2 Å². The third-order valence-corrected chi connectivity index (χ3v) is 4.82. The van der Waals surface area contributed by atoms with Crippen LogP contribution in [0.4, 0.5) is 0 Å². The van der Waals surface area contributed by atoms with E-state index in [1.807, 2.05) is 28.8 Å². The highest BCUT2D eigenvalue weighted by atomic mass is 16.5. The standard InChI is InChI=1S/C22H29NO4/c1-4-6-7-17(5-2)14-23-13-12-21(25)22(20(23)15-24)27-16-18-8-10-19(26-3)11-9-18/h8-13,15,17H,4-7,14,16H2,1-3H3. The number of aldehydes is 1. The van der Waals surface area contributed by atoms with Crippen molar-refractivity contribution in [2.24, 2.45) is 5.92 Å². The van der Waals surface area contributed by atoms with E-state index in [4.69, 9.17) is 9.47 Å². The smallest absolute Gasteiger partial charge is 0.224 e. The Labute approximate surface area is 160 Å². The summed E-state index contributed by atoms with van der Waals surface area (Å²) in [7, 11) is 1.61. The summed E-state index contributed by atoms with van der Waals surface area (Å²) in [5, 5.41) is 0. The molecule has 1 atom stereocenters. The van der Waals surface area contributed by atoms with Crippen LogP contribution in [-0.4, -0.2) is 18.0 Å². The zero-order valence-electron chi connectivity index (χ0n) is 16.4. The summed E-state index contributed by atoms with van der Waals surface area (Å²) in [6, 6.07) is 8.89. The first-order valence-electron chi connectivity index (χ1n) is 9.57. The second-order valence-electron chi connectivity index (χ2n) is 6.72. The Morgan fingerprint density at radius 1 is 1.15 bits per heavy atom. The molecule has 5 nitrogen and oxygen atoms in total. The highest BCUT2D eigenvalue weighted by Gasteiger charge is 2.15. The van der Waals surface area contributed by atoms with Crippen LogP contribution >= 0.6 is 0 Å². The van der Waals surface area contributed by atoms with Crippen molar-refractivity contribution in [3.63, 3.8) is 0 Å². The van der Waals surface area contributed by atoms with Crippen molar-refractivity contribution in [1.82, 2.24) is 4.57 Å². The number of benzene rings is 1. The van der Waals surface area contributed by atoms with Gasteiger partial charge in [0, 0.05) is 18.8 Å². The van der Waals surface area contributed by atoms with Gasteiger partial charge in [-0.05, 0) is 30.0 Å². The highest BCUT2D eigenvalue weighted by Crippen LogP contribution is 2.20. The van der Waals surface area contributed by atoms with Gasteiger partial charge in [-0.25, -0.2) is 0 Å². The van der Waals surface area contributed by atoms with Gasteiger partial charge in [-0.2, -0.15) is 0 Å². The van der Waals surface area contributed by atoms with E-state index in [1.54, 1.807) is 13.3 Å². The Morgan fingerprint density at radius 2 is 1.89 bits per heavy atom. The van der Waals surface area contributed by atoms with Crippen LogP contribution < -0.4 is 14.9 Å². The average molecular weight is 371 g/mol. The molecule has 0 amide bonds. The predicted octanol–water partition coefficient (Wildman–Crippen LogP) is 4.46. The van der Waals surface area contributed by atoms with Crippen molar-refractivity contribution in [3.05, 3.63) is 58.0 Å². The molecule has 0 aliphatic heterocycles. The van der Waals surface area contributed by atoms with Crippen molar-refractivity contribution in [1.29, 1.82) is 0 Å². The molecule has 0 saturated heterocycles. The van der Waals surface area contributed by atoms with E-state index >= 15 is 0 Å². The van der Waals surface area contributed by atoms with Crippen LogP contribution in [0.2, 0.25) is 0 Å². The predicted molar refractivity (Wildman–Crippen MR) is 107 cm³/mol. The van der Waals surface area contributed by atoms with E-state index in [1.165, 1.54) is 6.07 Å². The molecule has 0 aliphatic rings. The summed E-state index contributed by atoms with van der Waals surface area (Å²) >= 11 is 0. The number of aromatic nitrogens is 1. The number of unbranched alkanes of at least 4 members (excludes halogenated alkanes) is 1. The van der Waals surface area contributed by atoms with Gasteiger partial charge in [-0.15, -0.1) is 0 Å². The molecule has 2 rings (SSSR count). The molecule has 1 aromatic carbocycles. The van der Waals surface area contributed by atoms with Gasteiger partial charge in [0.25, 0.3) is 0 Å². The van der Waals surface area contributed by atoms with Crippen LogP contribution in [0.3, 0.4) is 0 Å². The second kappa shape index (κ2) is 10.6. The molecular formula is C22H29NO4. The molecule has 0 spiro atoms. The van der Waals surface area contributed by atoms with E-state index in [0.29, 0.717) is 18.2 Å². The zero-order valence-corrected chi connectivity index (χ0v) is 16.4. The van der Waals surface area contributed by atoms with Crippen molar-refractivity contribution >= 4 is 6.29 Å². The number of hydrogen-bond donors (Lipinski definition) is 0. The third kappa shape index (κ3) is 5.71. The van der Waals surface area contributed by atoms with E-state index < -0.39 is 0 Å². The van der Waals surface area contributed by atoms with Crippen LogP contribution in [0.5, 0.6) is 11.5 Å². The summed E-state index contributed by atoms with van der Waals surface area (Å²) in [5.41, 5.74) is 0.936. The Kier molecular flexibility index (Phi) is 8.11. The lowest BCUT2D eigenvalue weighted by Gasteiger charge is -2.19. The third-order valence-electron chi connectivity index (χ3n) is 4.82. The lowest BCUT2D eigenvalue weighted by atomic mass is 9.99. The number of nitrogens with zero attached hydrogens (tertiary/aromatic N) is 1. The normalized spacial score (nSPS) is 11.8. The molecule has 1 aromatic heterocycles. The first-order valence-corrected chi connectivity index (χ1v) is 9.57. The Morgan fingerprint density at radius 3 is 2.48 bits per heavy atom. The molecular weight excluding hydrogens is 342 g/mol. The summed E-state index contributed by atoms with van der Waals surface area (Å²) in [6.45, 7) is 5.26. The topological polar surface area (TPSA) is 57.5 Å². The van der Waals surface area contributed by atoms with Gasteiger partial charge in [-0.3, -0.25) is 9.59 Å². The van der Waals surface area contributed by atoms with Gasteiger partial charge in [0.05, 0.1) is 7.11 Å². The fourth-order valence-corrected chi connectivity index (χ4v) is 3.07. The molecule has 27 heavy (non-hydrogen) atoms. The monoisotopic (exact) mass is 371 g/mol. The molecule has 0 fully saturated rings. The van der Waals surface area contributed by atoms with Crippen LogP contribution in [0.25, 0.3) is 0 Å². The van der Waals surface area contributed by atoms with Gasteiger partial charge in [0.2, 0.25) is 5.43 Å². The van der Waals surface area contributed by atoms with Crippen LogP contribution in [0.15, 0.2) is 41.3 Å². The average Bonchev–Trinajstić information content (AvgIpc) is 2.71. The molecule has 0 radical (unpaired) electrons. The van der Waals surface area contributed by atoms with Crippen molar-refractivity contribution in [3.8, 4) is 11.5 Å². The molecule has 146 valence electrons. The summed E-state index contributed by atoms with van der Waals surface area (Å²) in [6.07, 6.45) is 6.87. The minimum absolute atomic E-state index is 0.119. The lowest BCUT2D eigenvalue weighted by Crippen LogP contribution is -2.19. The Balaban J connectivity index is 2.19. The summed E-state index contributed by atoms with van der Waals surface area (Å²) < 4.78 is 12.7. The number of pyridine rings is 1. The number of carbonyl (C=O) groups excluding carboxylic acids is 1. The number of rotatable bonds is 11. The molecule has 5 heteroatoms. The fraction of sp³-hybridized carbons (Fsp3) is 0.455. The van der Waals surface area contributed by atoms with E-state index in [-0.39, 0.29) is 17.8 Å². The zero-order chi connectivity index (χ0) is 19.6. The molecule has 0 saturated carbocycles. The Hall–Kier alpha value is -2.56. The number of methoxy groups -OCH3 is 1. The molecule has 2 aromatic rings. The first-order chi connectivity index (χ1) is 13.1. The van der Waals surface area contributed by atoms with Crippen molar-refractivity contribution in [2.45, 2.75) is 52.7 Å². The van der Waals surface area contributed by atoms with Gasteiger partial charge < -0.3 is 14.0 Å². The first kappa shape index (κ1) is 20.7.